The number of pyridine rings is 1. The minimum absolute atomic E-state index is 0.0591. The van der Waals surface area contributed by atoms with Crippen LogP contribution >= 0.6 is 0 Å². The van der Waals surface area contributed by atoms with E-state index in [1.165, 1.54) is 16.7 Å². The SMILES string of the molecule is CCCOC(=O)c1ccc(NC(=O)Cc2cn3cc(F)ccc3n2)cc1. The summed E-state index contributed by atoms with van der Waals surface area (Å²) < 4.78 is 19.8. The lowest BCUT2D eigenvalue weighted by molar-refractivity contribution is -0.115. The summed E-state index contributed by atoms with van der Waals surface area (Å²) in [5.41, 5.74) is 2.10. The molecule has 0 saturated heterocycles. The molecule has 0 aliphatic heterocycles. The minimum atomic E-state index is -0.387. The second-order valence-corrected chi connectivity index (χ2v) is 5.78. The van der Waals surface area contributed by atoms with Gasteiger partial charge in [0.25, 0.3) is 0 Å². The lowest BCUT2D eigenvalue weighted by atomic mass is 10.2. The highest BCUT2D eigenvalue weighted by molar-refractivity contribution is 5.93. The van der Waals surface area contributed by atoms with Gasteiger partial charge < -0.3 is 14.5 Å². The molecular formula is C19H18FN3O3. The summed E-state index contributed by atoms with van der Waals surface area (Å²) in [6.07, 6.45) is 3.74. The summed E-state index contributed by atoms with van der Waals surface area (Å²) in [7, 11) is 0. The highest BCUT2D eigenvalue weighted by atomic mass is 19.1. The van der Waals surface area contributed by atoms with Gasteiger partial charge in [-0.3, -0.25) is 4.79 Å². The van der Waals surface area contributed by atoms with Crippen molar-refractivity contribution in [1.29, 1.82) is 0 Å². The van der Waals surface area contributed by atoms with E-state index in [9.17, 15) is 14.0 Å². The third-order valence-electron chi connectivity index (χ3n) is 3.65. The van der Waals surface area contributed by atoms with Crippen LogP contribution in [0, 0.1) is 5.82 Å². The van der Waals surface area contributed by atoms with Gasteiger partial charge in [0.15, 0.2) is 0 Å². The smallest absolute Gasteiger partial charge is 0.338 e. The van der Waals surface area contributed by atoms with E-state index in [-0.39, 0.29) is 24.1 Å². The van der Waals surface area contributed by atoms with E-state index >= 15 is 0 Å². The number of aromatic nitrogens is 2. The summed E-state index contributed by atoms with van der Waals surface area (Å²) in [6.45, 7) is 2.30. The molecule has 1 N–H and O–H groups in total. The van der Waals surface area contributed by atoms with E-state index in [1.54, 1.807) is 36.5 Å². The summed E-state index contributed by atoms with van der Waals surface area (Å²) >= 11 is 0. The number of hydrogen-bond donors (Lipinski definition) is 1. The van der Waals surface area contributed by atoms with Gasteiger partial charge in [-0.2, -0.15) is 0 Å². The summed E-state index contributed by atoms with van der Waals surface area (Å²) in [5, 5.41) is 2.74. The van der Waals surface area contributed by atoms with Crippen LogP contribution in [0.4, 0.5) is 10.1 Å². The average Bonchev–Trinajstić information content (AvgIpc) is 3.01. The first-order chi connectivity index (χ1) is 12.5. The van der Waals surface area contributed by atoms with Crippen LogP contribution in [0.2, 0.25) is 0 Å². The molecule has 0 fully saturated rings. The van der Waals surface area contributed by atoms with Gasteiger partial charge in [0.1, 0.15) is 11.5 Å². The van der Waals surface area contributed by atoms with Gasteiger partial charge in [0.2, 0.25) is 5.91 Å². The Balaban J connectivity index is 1.61. The van der Waals surface area contributed by atoms with Gasteiger partial charge in [-0.1, -0.05) is 6.92 Å². The number of fused-ring (bicyclic) bond motifs is 1. The van der Waals surface area contributed by atoms with Crippen molar-refractivity contribution in [1.82, 2.24) is 9.38 Å². The Labute approximate surface area is 149 Å². The third kappa shape index (κ3) is 4.24. The number of nitrogens with one attached hydrogen (secondary N) is 1. The fourth-order valence-corrected chi connectivity index (χ4v) is 2.44. The van der Waals surface area contributed by atoms with E-state index in [4.69, 9.17) is 4.74 Å². The molecule has 0 saturated carbocycles. The van der Waals surface area contributed by atoms with Gasteiger partial charge in [-0.05, 0) is 42.8 Å². The second-order valence-electron chi connectivity index (χ2n) is 5.78. The van der Waals surface area contributed by atoms with Crippen LogP contribution in [-0.4, -0.2) is 27.9 Å². The molecule has 0 aliphatic rings. The van der Waals surface area contributed by atoms with Gasteiger partial charge >= 0.3 is 5.97 Å². The fraction of sp³-hybridized carbons (Fsp3) is 0.211. The molecule has 1 amide bonds. The number of carbonyl (C=O) groups is 2. The molecule has 2 aromatic heterocycles. The second kappa shape index (κ2) is 7.77. The van der Waals surface area contributed by atoms with Crippen molar-refractivity contribution in [3.05, 3.63) is 65.9 Å². The number of benzene rings is 1. The number of rotatable bonds is 6. The number of carbonyl (C=O) groups excluding carboxylic acids is 2. The van der Waals surface area contributed by atoms with Crippen molar-refractivity contribution in [2.24, 2.45) is 0 Å². The molecule has 1 aromatic carbocycles. The number of hydrogen-bond acceptors (Lipinski definition) is 4. The molecular weight excluding hydrogens is 337 g/mol. The van der Waals surface area contributed by atoms with E-state index < -0.39 is 0 Å². The minimum Gasteiger partial charge on any atom is -0.462 e. The monoisotopic (exact) mass is 355 g/mol. The van der Waals surface area contributed by atoms with Gasteiger partial charge in [0.05, 0.1) is 24.3 Å². The zero-order valence-corrected chi connectivity index (χ0v) is 14.2. The number of nitrogens with zero attached hydrogens (tertiary/aromatic N) is 2. The molecule has 0 spiro atoms. The molecule has 0 atom stereocenters. The summed E-state index contributed by atoms with van der Waals surface area (Å²) in [4.78, 5) is 28.2. The largest absolute Gasteiger partial charge is 0.462 e. The van der Waals surface area contributed by atoms with E-state index in [0.29, 0.717) is 29.2 Å². The van der Waals surface area contributed by atoms with Crippen molar-refractivity contribution in [2.75, 3.05) is 11.9 Å². The zero-order valence-electron chi connectivity index (χ0n) is 14.2. The Morgan fingerprint density at radius 3 is 2.65 bits per heavy atom. The molecule has 6 nitrogen and oxygen atoms in total. The van der Waals surface area contributed by atoms with Crippen molar-refractivity contribution in [2.45, 2.75) is 19.8 Å². The predicted octanol–water partition coefficient (Wildman–Crippen LogP) is 3.22. The molecule has 0 aliphatic carbocycles. The molecule has 0 radical (unpaired) electrons. The van der Waals surface area contributed by atoms with Crippen molar-refractivity contribution in [3.8, 4) is 0 Å². The Morgan fingerprint density at radius 1 is 1.15 bits per heavy atom. The number of amides is 1. The fourth-order valence-electron chi connectivity index (χ4n) is 2.44. The number of ether oxygens (including phenoxy) is 1. The lowest BCUT2D eigenvalue weighted by Crippen LogP contribution is -2.14. The average molecular weight is 355 g/mol. The van der Waals surface area contributed by atoms with E-state index in [2.05, 4.69) is 10.3 Å². The maximum atomic E-state index is 13.2. The molecule has 3 aromatic rings. The Kier molecular flexibility index (Phi) is 5.26. The van der Waals surface area contributed by atoms with Crippen LogP contribution in [0.3, 0.4) is 0 Å². The lowest BCUT2D eigenvalue weighted by Gasteiger charge is -2.06. The van der Waals surface area contributed by atoms with Crippen LogP contribution < -0.4 is 5.32 Å². The van der Waals surface area contributed by atoms with Crippen molar-refractivity contribution in [3.63, 3.8) is 0 Å². The molecule has 2 heterocycles. The molecule has 7 heteroatoms. The number of esters is 1. The van der Waals surface area contributed by atoms with Crippen molar-refractivity contribution < 1.29 is 18.7 Å². The topological polar surface area (TPSA) is 72.7 Å². The first-order valence-electron chi connectivity index (χ1n) is 8.25. The van der Waals surface area contributed by atoms with Crippen LogP contribution in [0.5, 0.6) is 0 Å². The first kappa shape index (κ1) is 17.6. The quantitative estimate of drug-likeness (QED) is 0.689. The number of imidazole rings is 1. The van der Waals surface area contributed by atoms with Crippen LogP contribution in [0.1, 0.15) is 29.4 Å². The number of halogens is 1. The normalized spacial score (nSPS) is 10.7. The standard InChI is InChI=1S/C19H18FN3O3/c1-2-9-26-19(25)13-3-6-15(7-4-13)22-18(24)10-16-12-23-11-14(20)5-8-17(23)21-16/h3-8,11-12H,2,9-10H2,1H3,(H,22,24). The highest BCUT2D eigenvalue weighted by Gasteiger charge is 2.10. The summed E-state index contributed by atoms with van der Waals surface area (Å²) in [5.74, 6) is -1.01. The van der Waals surface area contributed by atoms with E-state index in [1.807, 2.05) is 6.92 Å². The third-order valence-corrected chi connectivity index (χ3v) is 3.65. The van der Waals surface area contributed by atoms with Gasteiger partial charge in [-0.25, -0.2) is 14.2 Å². The molecule has 134 valence electrons. The van der Waals surface area contributed by atoms with Gasteiger partial charge in [0, 0.05) is 18.1 Å². The molecule has 0 bridgehead atoms. The van der Waals surface area contributed by atoms with Crippen LogP contribution in [0.15, 0.2) is 48.8 Å². The predicted molar refractivity (Wildman–Crippen MR) is 94.5 cm³/mol. The highest BCUT2D eigenvalue weighted by Crippen LogP contribution is 2.12. The Bertz CT molecular complexity index is 935. The van der Waals surface area contributed by atoms with Crippen LogP contribution in [-0.2, 0) is 16.0 Å². The molecule has 3 rings (SSSR count). The van der Waals surface area contributed by atoms with E-state index in [0.717, 1.165) is 6.42 Å². The maximum absolute atomic E-state index is 13.2. The Morgan fingerprint density at radius 2 is 1.92 bits per heavy atom. The van der Waals surface area contributed by atoms with Gasteiger partial charge in [-0.15, -0.1) is 0 Å². The zero-order chi connectivity index (χ0) is 18.5. The first-order valence-corrected chi connectivity index (χ1v) is 8.25. The Hall–Kier alpha value is -3.22. The van der Waals surface area contributed by atoms with Crippen molar-refractivity contribution >= 4 is 23.2 Å². The molecule has 0 unspecified atom stereocenters. The summed E-state index contributed by atoms with van der Waals surface area (Å²) in [6, 6.07) is 9.34. The maximum Gasteiger partial charge on any atom is 0.338 e. The molecule has 26 heavy (non-hydrogen) atoms. The van der Waals surface area contributed by atoms with Crippen LogP contribution in [0.25, 0.3) is 5.65 Å². The number of anilines is 1.